The Hall–Kier alpha value is -2.31. The highest BCUT2D eigenvalue weighted by molar-refractivity contribution is 6.46. The SMILES string of the molecule is COc1ccc(Oc2c(Cl)c(Cl)c(C#N)c(C#N)c2Cl)c(OC)c1. The molecule has 0 aliphatic carbocycles. The van der Waals surface area contributed by atoms with Crippen molar-refractivity contribution in [3.8, 4) is 35.1 Å². The summed E-state index contributed by atoms with van der Waals surface area (Å²) in [6, 6.07) is 8.47. The predicted octanol–water partition coefficient (Wildman–Crippen LogP) is 5.20. The first-order chi connectivity index (χ1) is 11.5. The molecule has 122 valence electrons. The van der Waals surface area contributed by atoms with E-state index in [1.54, 1.807) is 24.3 Å². The quantitative estimate of drug-likeness (QED) is 0.678. The number of nitrogens with zero attached hydrogens (tertiary/aromatic N) is 2. The Morgan fingerprint density at radius 2 is 1.46 bits per heavy atom. The molecule has 0 fully saturated rings. The number of nitriles is 2. The van der Waals surface area contributed by atoms with E-state index in [9.17, 15) is 5.26 Å². The third kappa shape index (κ3) is 3.16. The highest BCUT2D eigenvalue weighted by Crippen LogP contribution is 2.46. The molecule has 0 amide bonds. The number of hydrogen-bond donors (Lipinski definition) is 0. The van der Waals surface area contributed by atoms with Crippen LogP contribution < -0.4 is 14.2 Å². The molecule has 5 nitrogen and oxygen atoms in total. The van der Waals surface area contributed by atoms with Crippen LogP contribution in [0.25, 0.3) is 0 Å². The van der Waals surface area contributed by atoms with E-state index in [-0.39, 0.29) is 37.7 Å². The summed E-state index contributed by atoms with van der Waals surface area (Å²) in [7, 11) is 2.97. The van der Waals surface area contributed by atoms with Crippen molar-refractivity contribution in [3.05, 3.63) is 44.4 Å². The van der Waals surface area contributed by atoms with Gasteiger partial charge in [0.15, 0.2) is 17.2 Å². The van der Waals surface area contributed by atoms with Crippen molar-refractivity contribution in [1.82, 2.24) is 0 Å². The van der Waals surface area contributed by atoms with Gasteiger partial charge in [-0.15, -0.1) is 0 Å². The molecule has 2 aromatic carbocycles. The maximum absolute atomic E-state index is 9.22. The normalized spacial score (nSPS) is 9.79. The Bertz CT molecular complexity index is 886. The molecule has 0 atom stereocenters. The van der Waals surface area contributed by atoms with Gasteiger partial charge in [0.1, 0.15) is 27.9 Å². The summed E-state index contributed by atoms with van der Waals surface area (Å²) >= 11 is 18.4. The zero-order valence-corrected chi connectivity index (χ0v) is 14.8. The standard InChI is InChI=1S/C16H9Cl3N2O3/c1-22-8-3-4-11(12(5-8)23-2)24-16-14(18)10(7-21)9(6-20)13(17)15(16)19/h3-5H,1-2H3. The fraction of sp³-hybridized carbons (Fsp3) is 0.125. The molecule has 0 saturated heterocycles. The Labute approximate surface area is 153 Å². The fourth-order valence-corrected chi connectivity index (χ4v) is 2.68. The number of benzene rings is 2. The summed E-state index contributed by atoms with van der Waals surface area (Å²) in [6.45, 7) is 0. The highest BCUT2D eigenvalue weighted by atomic mass is 35.5. The monoisotopic (exact) mass is 382 g/mol. The summed E-state index contributed by atoms with van der Waals surface area (Å²) in [5.41, 5.74) is -0.223. The van der Waals surface area contributed by atoms with Crippen LogP contribution in [0.2, 0.25) is 15.1 Å². The van der Waals surface area contributed by atoms with Gasteiger partial charge in [-0.3, -0.25) is 0 Å². The maximum atomic E-state index is 9.22. The number of methoxy groups -OCH3 is 2. The second kappa shape index (κ2) is 7.51. The Balaban J connectivity index is 2.62. The Kier molecular flexibility index (Phi) is 5.64. The van der Waals surface area contributed by atoms with Crippen molar-refractivity contribution in [3.63, 3.8) is 0 Å². The van der Waals surface area contributed by atoms with Crippen LogP contribution in [0.5, 0.6) is 23.0 Å². The molecule has 0 aromatic heterocycles. The minimum atomic E-state index is -0.115. The Morgan fingerprint density at radius 3 is 2.00 bits per heavy atom. The van der Waals surface area contributed by atoms with Crippen LogP contribution in [0.15, 0.2) is 18.2 Å². The largest absolute Gasteiger partial charge is 0.497 e. The Morgan fingerprint density at radius 1 is 0.833 bits per heavy atom. The van der Waals surface area contributed by atoms with Crippen molar-refractivity contribution in [2.75, 3.05) is 14.2 Å². The molecule has 8 heteroatoms. The van der Waals surface area contributed by atoms with Gasteiger partial charge in [-0.25, -0.2) is 0 Å². The molecule has 0 saturated carbocycles. The van der Waals surface area contributed by atoms with E-state index in [4.69, 9.17) is 54.3 Å². The van der Waals surface area contributed by atoms with Crippen LogP contribution in [-0.2, 0) is 0 Å². The van der Waals surface area contributed by atoms with E-state index in [1.807, 2.05) is 6.07 Å². The van der Waals surface area contributed by atoms with Gasteiger partial charge in [0, 0.05) is 6.07 Å². The number of hydrogen-bond acceptors (Lipinski definition) is 5. The second-order valence-electron chi connectivity index (χ2n) is 4.36. The lowest BCUT2D eigenvalue weighted by Gasteiger charge is -2.15. The molecule has 0 radical (unpaired) electrons. The van der Waals surface area contributed by atoms with E-state index >= 15 is 0 Å². The van der Waals surface area contributed by atoms with Crippen LogP contribution in [0.3, 0.4) is 0 Å². The summed E-state index contributed by atoms with van der Waals surface area (Å²) in [5.74, 6) is 1.17. The van der Waals surface area contributed by atoms with Crippen molar-refractivity contribution >= 4 is 34.8 Å². The first-order valence-corrected chi connectivity index (χ1v) is 7.52. The smallest absolute Gasteiger partial charge is 0.169 e. The third-order valence-corrected chi connectivity index (χ3v) is 4.28. The minimum absolute atomic E-state index is 0.0395. The number of halogens is 3. The summed E-state index contributed by atoms with van der Waals surface area (Å²) in [5, 5.41) is 18.1. The third-order valence-electron chi connectivity index (χ3n) is 3.09. The molecule has 2 rings (SSSR count). The first-order valence-electron chi connectivity index (χ1n) is 6.39. The van der Waals surface area contributed by atoms with Crippen molar-refractivity contribution in [2.24, 2.45) is 0 Å². The molecule has 24 heavy (non-hydrogen) atoms. The fourth-order valence-electron chi connectivity index (χ4n) is 1.91. The number of ether oxygens (including phenoxy) is 3. The molecule has 0 bridgehead atoms. The van der Waals surface area contributed by atoms with E-state index in [0.717, 1.165) is 0 Å². The second-order valence-corrected chi connectivity index (χ2v) is 5.50. The van der Waals surface area contributed by atoms with Crippen molar-refractivity contribution in [2.45, 2.75) is 0 Å². The lowest BCUT2D eigenvalue weighted by molar-refractivity contribution is 0.369. The lowest BCUT2D eigenvalue weighted by Crippen LogP contribution is -1.97. The maximum Gasteiger partial charge on any atom is 0.169 e. The molecular weight excluding hydrogens is 375 g/mol. The summed E-state index contributed by atoms with van der Waals surface area (Å²) < 4.78 is 16.0. The molecular formula is C16H9Cl3N2O3. The zero-order valence-electron chi connectivity index (χ0n) is 12.5. The van der Waals surface area contributed by atoms with Crippen molar-refractivity contribution in [1.29, 1.82) is 10.5 Å². The minimum Gasteiger partial charge on any atom is -0.497 e. The van der Waals surface area contributed by atoms with E-state index in [0.29, 0.717) is 11.5 Å². The lowest BCUT2D eigenvalue weighted by atomic mass is 10.1. The van der Waals surface area contributed by atoms with Gasteiger partial charge in [-0.1, -0.05) is 34.8 Å². The van der Waals surface area contributed by atoms with Gasteiger partial charge >= 0.3 is 0 Å². The summed E-state index contributed by atoms with van der Waals surface area (Å²) in [6.07, 6.45) is 0. The zero-order chi connectivity index (χ0) is 17.9. The molecule has 2 aromatic rings. The predicted molar refractivity (Wildman–Crippen MR) is 90.5 cm³/mol. The van der Waals surface area contributed by atoms with E-state index in [2.05, 4.69) is 0 Å². The topological polar surface area (TPSA) is 75.3 Å². The van der Waals surface area contributed by atoms with Gasteiger partial charge in [-0.05, 0) is 12.1 Å². The van der Waals surface area contributed by atoms with Crippen LogP contribution in [0.1, 0.15) is 11.1 Å². The van der Waals surface area contributed by atoms with Crippen LogP contribution in [0, 0.1) is 22.7 Å². The van der Waals surface area contributed by atoms with Crippen molar-refractivity contribution < 1.29 is 14.2 Å². The first kappa shape index (κ1) is 18.0. The highest BCUT2D eigenvalue weighted by Gasteiger charge is 2.24. The molecule has 0 spiro atoms. The van der Waals surface area contributed by atoms with E-state index in [1.165, 1.54) is 14.2 Å². The molecule has 0 N–H and O–H groups in total. The molecule has 0 aliphatic heterocycles. The number of rotatable bonds is 4. The van der Waals surface area contributed by atoms with Gasteiger partial charge < -0.3 is 14.2 Å². The average Bonchev–Trinajstić information content (AvgIpc) is 2.61. The van der Waals surface area contributed by atoms with E-state index < -0.39 is 0 Å². The summed E-state index contributed by atoms with van der Waals surface area (Å²) in [4.78, 5) is 0. The van der Waals surface area contributed by atoms with Gasteiger partial charge in [0.25, 0.3) is 0 Å². The molecule has 0 heterocycles. The van der Waals surface area contributed by atoms with Crippen LogP contribution in [-0.4, -0.2) is 14.2 Å². The molecule has 0 unspecified atom stereocenters. The van der Waals surface area contributed by atoms with Gasteiger partial charge in [-0.2, -0.15) is 10.5 Å². The van der Waals surface area contributed by atoms with Crippen LogP contribution >= 0.6 is 34.8 Å². The molecule has 0 aliphatic rings. The van der Waals surface area contributed by atoms with Gasteiger partial charge in [0.2, 0.25) is 0 Å². The van der Waals surface area contributed by atoms with Gasteiger partial charge in [0.05, 0.1) is 30.4 Å². The van der Waals surface area contributed by atoms with Crippen LogP contribution in [0.4, 0.5) is 0 Å². The average molecular weight is 384 g/mol.